The average Bonchev–Trinajstić information content (AvgIpc) is 3.01. The first kappa shape index (κ1) is 44.9. The van der Waals surface area contributed by atoms with E-state index >= 15 is 0 Å². The molecule has 1 fully saturated rings. The molecule has 0 saturated carbocycles. The van der Waals surface area contributed by atoms with Crippen LogP contribution in [0.3, 0.4) is 0 Å². The zero-order valence-corrected chi connectivity index (χ0v) is 30.9. The van der Waals surface area contributed by atoms with Gasteiger partial charge in [-0.3, -0.25) is 10.3 Å². The van der Waals surface area contributed by atoms with E-state index < -0.39 is 6.67 Å². The Kier molecular flexibility index (Phi) is 28.0. The molecule has 0 spiro atoms. The number of hydrogen-bond donors (Lipinski definition) is 3. The summed E-state index contributed by atoms with van der Waals surface area (Å²) in [5, 5.41) is 16.2. The van der Waals surface area contributed by atoms with Gasteiger partial charge in [0.2, 0.25) is 0 Å². The smallest absolute Gasteiger partial charge is 0.111 e. The van der Waals surface area contributed by atoms with E-state index in [-0.39, 0.29) is 6.61 Å². The number of nitrogens with zero attached hydrogens (tertiary/aromatic N) is 2. The molecule has 0 bridgehead atoms. The van der Waals surface area contributed by atoms with Crippen molar-refractivity contribution in [1.29, 1.82) is 0 Å². The molecule has 45 heavy (non-hydrogen) atoms. The van der Waals surface area contributed by atoms with Crippen molar-refractivity contribution >= 4 is 17.3 Å². The van der Waals surface area contributed by atoms with Crippen molar-refractivity contribution in [2.75, 3.05) is 32.8 Å². The van der Waals surface area contributed by atoms with Crippen molar-refractivity contribution < 1.29 is 14.2 Å². The number of hydrogen-bond acceptors (Lipinski definition) is 6. The maximum absolute atomic E-state index is 11.5. The van der Waals surface area contributed by atoms with Gasteiger partial charge in [-0.05, 0) is 98.4 Å². The van der Waals surface area contributed by atoms with Crippen LogP contribution in [0.15, 0.2) is 76.8 Å². The fraction of sp³-hybridized carbons (Fsp3) is 0.649. The maximum Gasteiger partial charge on any atom is 0.111 e. The third-order valence-corrected chi connectivity index (χ3v) is 7.87. The predicted octanol–water partition coefficient (Wildman–Crippen LogP) is 9.01. The minimum Gasteiger partial charge on any atom is -0.494 e. The third kappa shape index (κ3) is 22.1. The summed E-state index contributed by atoms with van der Waals surface area (Å²) in [5.74, 6) is 0.952. The van der Waals surface area contributed by atoms with Crippen molar-refractivity contribution in [2.24, 2.45) is 5.10 Å². The molecule has 1 saturated heterocycles. The molecule has 4 atom stereocenters. The van der Waals surface area contributed by atoms with E-state index in [2.05, 4.69) is 88.6 Å². The van der Waals surface area contributed by atoms with Gasteiger partial charge in [0, 0.05) is 47.9 Å². The topological polar surface area (TPSA) is 69.1 Å². The second kappa shape index (κ2) is 28.1. The van der Waals surface area contributed by atoms with Crippen LogP contribution in [0.2, 0.25) is 0 Å². The van der Waals surface area contributed by atoms with Crippen molar-refractivity contribution in [3.05, 3.63) is 71.7 Å². The first-order valence-corrected chi connectivity index (χ1v) is 17.0. The van der Waals surface area contributed by atoms with E-state index in [0.29, 0.717) is 41.9 Å². The Labute approximate surface area is 281 Å². The van der Waals surface area contributed by atoms with Crippen LogP contribution in [0, 0.1) is 0 Å². The van der Waals surface area contributed by atoms with E-state index in [0.717, 1.165) is 23.9 Å². The molecule has 3 unspecified atom stereocenters. The van der Waals surface area contributed by atoms with Gasteiger partial charge in [0.1, 0.15) is 12.4 Å². The summed E-state index contributed by atoms with van der Waals surface area (Å²) < 4.78 is 16.8. The predicted molar refractivity (Wildman–Crippen MR) is 197 cm³/mol. The molecule has 0 aromatic heterocycles. The number of nitrogens with one attached hydrogen (secondary N) is 2. The highest BCUT2D eigenvalue weighted by atomic mass is 35.5. The van der Waals surface area contributed by atoms with E-state index in [1.165, 1.54) is 55.4 Å². The second-order valence-corrected chi connectivity index (χ2v) is 12.1. The number of alkyl halides is 2. The number of aliphatic hydroxyl groups excluding tert-OH is 1. The van der Waals surface area contributed by atoms with Crippen LogP contribution < -0.4 is 10.7 Å². The van der Waals surface area contributed by atoms with Crippen molar-refractivity contribution in [3.63, 3.8) is 0 Å². The van der Waals surface area contributed by atoms with Gasteiger partial charge in [0.05, 0.1) is 13.2 Å². The second-order valence-electron chi connectivity index (χ2n) is 11.8. The summed E-state index contributed by atoms with van der Waals surface area (Å²) in [7, 11) is 2.11. The summed E-state index contributed by atoms with van der Waals surface area (Å²) in [6.45, 7) is 26.8. The van der Waals surface area contributed by atoms with E-state index in [4.69, 9.17) is 21.4 Å². The Morgan fingerprint density at radius 3 is 2.36 bits per heavy atom. The molecule has 6 nitrogen and oxygen atoms in total. The molecule has 8 heteroatoms. The van der Waals surface area contributed by atoms with Crippen LogP contribution in [0.25, 0.3) is 0 Å². The lowest BCUT2D eigenvalue weighted by Crippen LogP contribution is -2.55. The molecule has 1 heterocycles. The summed E-state index contributed by atoms with van der Waals surface area (Å²) in [4.78, 5) is 2.76. The monoisotopic (exact) mass is 652 g/mol. The van der Waals surface area contributed by atoms with Crippen LogP contribution >= 0.6 is 11.6 Å². The van der Waals surface area contributed by atoms with Gasteiger partial charge in [0.25, 0.3) is 0 Å². The van der Waals surface area contributed by atoms with Crippen LogP contribution in [0.4, 0.5) is 4.39 Å². The van der Waals surface area contributed by atoms with Crippen LogP contribution in [0.1, 0.15) is 101 Å². The van der Waals surface area contributed by atoms with Gasteiger partial charge in [-0.15, -0.1) is 11.6 Å². The Balaban J connectivity index is 0. The number of halogens is 2. The average molecular weight is 653 g/mol. The van der Waals surface area contributed by atoms with Gasteiger partial charge in [-0.2, -0.15) is 5.10 Å². The lowest BCUT2D eigenvalue weighted by atomic mass is 9.88. The molecule has 1 aliphatic heterocycles. The molecule has 0 radical (unpaired) electrons. The van der Waals surface area contributed by atoms with Crippen molar-refractivity contribution in [2.45, 2.75) is 125 Å². The summed E-state index contributed by atoms with van der Waals surface area (Å²) in [6, 6.07) is 2.69. The van der Waals surface area contributed by atoms with E-state index in [1.807, 2.05) is 20.8 Å². The molecular formula is C37H66ClFN4O2. The van der Waals surface area contributed by atoms with Gasteiger partial charge in [-0.25, -0.2) is 4.39 Å². The van der Waals surface area contributed by atoms with E-state index in [9.17, 15) is 4.39 Å². The van der Waals surface area contributed by atoms with E-state index in [1.54, 1.807) is 12.2 Å². The molecule has 0 amide bonds. The molecule has 3 N–H and O–H groups in total. The third-order valence-electron chi connectivity index (χ3n) is 7.72. The lowest BCUT2D eigenvalue weighted by molar-refractivity contribution is 0.0501. The highest BCUT2D eigenvalue weighted by Crippen LogP contribution is 2.29. The number of likely N-dealkylation sites (tertiary alicyclic amines) is 1. The fourth-order valence-electron chi connectivity index (χ4n) is 4.98. The zero-order chi connectivity index (χ0) is 34.8. The SMILES string of the molecule is C=CC(=C)OCC/C(C)=C(\C)NN=C(C)C.CCCC1CC(NC)C[C@@H](C)N1C(C)/C=C(\C)CC.OCC(/C=C\CF)=C/CCl. The van der Waals surface area contributed by atoms with Gasteiger partial charge >= 0.3 is 0 Å². The Morgan fingerprint density at radius 1 is 1.20 bits per heavy atom. The van der Waals surface area contributed by atoms with Gasteiger partial charge < -0.3 is 15.2 Å². The highest BCUT2D eigenvalue weighted by Gasteiger charge is 2.34. The van der Waals surface area contributed by atoms with Crippen molar-refractivity contribution in [3.8, 4) is 0 Å². The number of allylic oxidation sites excluding steroid dienone is 5. The van der Waals surface area contributed by atoms with Gasteiger partial charge in [0.15, 0.2) is 0 Å². The number of rotatable bonds is 17. The number of ether oxygens (including phenoxy) is 1. The minimum absolute atomic E-state index is 0.0940. The molecule has 260 valence electrons. The Morgan fingerprint density at radius 2 is 1.87 bits per heavy atom. The highest BCUT2D eigenvalue weighted by molar-refractivity contribution is 6.18. The van der Waals surface area contributed by atoms with Crippen LogP contribution in [-0.2, 0) is 4.74 Å². The standard InChI is InChI=1S/C17H34N2.C13H22N2O.C7H10ClFO/c1-7-9-17-12-16(18-6)11-15(5)19(17)14(4)10-13(3)8-2;1-7-12(5)16-9-8-11(4)13(6)15-14-10(2)3;8-4-3-7(6-10)2-1-5-9/h10,14-18H,7-9,11-12H2,1-6H3;7,15H,1,5,8-9H2,2-4,6H3;1-3,10H,4-6H2/b13-10+;13-11+;2-1-,7-3+/t14?,15-,16?,17?;;/m1../s1. The zero-order valence-electron chi connectivity index (χ0n) is 30.2. The number of piperidine rings is 1. The number of hydrazone groups is 1. The minimum atomic E-state index is -0.514. The molecular weight excluding hydrogens is 587 g/mol. The summed E-state index contributed by atoms with van der Waals surface area (Å²) in [6.07, 6.45) is 15.8. The Hall–Kier alpha value is -2.19. The molecule has 0 aromatic rings. The summed E-state index contributed by atoms with van der Waals surface area (Å²) in [5.41, 5.74) is 8.46. The maximum atomic E-state index is 11.5. The lowest BCUT2D eigenvalue weighted by Gasteiger charge is -2.47. The number of aliphatic hydroxyl groups is 1. The molecule has 0 aliphatic carbocycles. The quantitative estimate of drug-likeness (QED) is 0.0365. The normalized spacial score (nSPS) is 20.2. The summed E-state index contributed by atoms with van der Waals surface area (Å²) >= 11 is 5.34. The first-order valence-electron chi connectivity index (χ1n) is 16.4. The molecule has 1 aliphatic rings. The van der Waals surface area contributed by atoms with Crippen LogP contribution in [0.5, 0.6) is 0 Å². The Bertz CT molecular complexity index is 969. The van der Waals surface area contributed by atoms with Gasteiger partial charge in [-0.1, -0.05) is 63.3 Å². The van der Waals surface area contributed by atoms with Crippen molar-refractivity contribution in [1.82, 2.24) is 15.6 Å². The molecule has 1 rings (SSSR count). The molecule has 0 aromatic carbocycles. The van der Waals surface area contributed by atoms with Crippen LogP contribution in [-0.4, -0.2) is 72.7 Å². The largest absolute Gasteiger partial charge is 0.494 e. The first-order chi connectivity index (χ1) is 21.3. The fourth-order valence-corrected chi connectivity index (χ4v) is 5.18.